The minimum atomic E-state index is -0.356. The molecule has 0 spiro atoms. The van der Waals surface area contributed by atoms with E-state index >= 15 is 0 Å². The van der Waals surface area contributed by atoms with Crippen molar-refractivity contribution < 1.29 is 9.32 Å². The molecule has 4 rings (SSSR count). The zero-order chi connectivity index (χ0) is 18.6. The molecule has 6 nitrogen and oxygen atoms in total. The van der Waals surface area contributed by atoms with Gasteiger partial charge in [-0.25, -0.2) is 0 Å². The first-order chi connectivity index (χ1) is 13.2. The Morgan fingerprint density at radius 2 is 1.74 bits per heavy atom. The Hall–Kier alpha value is -3.67. The molecule has 6 heteroatoms. The van der Waals surface area contributed by atoms with E-state index in [1.54, 1.807) is 6.07 Å². The van der Waals surface area contributed by atoms with E-state index in [0.29, 0.717) is 18.1 Å². The molecule has 27 heavy (non-hydrogen) atoms. The normalized spacial score (nSPS) is 10.7. The molecule has 2 aromatic carbocycles. The molecule has 134 valence electrons. The van der Waals surface area contributed by atoms with Crippen molar-refractivity contribution in [3.05, 3.63) is 89.7 Å². The second kappa shape index (κ2) is 7.29. The van der Waals surface area contributed by atoms with Crippen molar-refractivity contribution in [2.24, 2.45) is 0 Å². The third-order valence-electron chi connectivity index (χ3n) is 4.20. The van der Waals surface area contributed by atoms with E-state index in [4.69, 9.17) is 4.52 Å². The molecule has 0 unspecified atom stereocenters. The van der Waals surface area contributed by atoms with Crippen LogP contribution in [0, 0.1) is 6.92 Å². The van der Waals surface area contributed by atoms with E-state index in [0.717, 1.165) is 16.8 Å². The molecule has 2 aromatic heterocycles. The van der Waals surface area contributed by atoms with Gasteiger partial charge in [-0.05, 0) is 12.5 Å². The topological polar surface area (TPSA) is 73.0 Å². The average molecular weight is 358 g/mol. The van der Waals surface area contributed by atoms with Gasteiger partial charge in [0.05, 0.1) is 6.54 Å². The maximum atomic E-state index is 12.5. The van der Waals surface area contributed by atoms with E-state index in [-0.39, 0.29) is 11.6 Å². The van der Waals surface area contributed by atoms with Crippen LogP contribution in [-0.4, -0.2) is 20.8 Å². The van der Waals surface area contributed by atoms with E-state index < -0.39 is 0 Å². The van der Waals surface area contributed by atoms with E-state index in [1.165, 1.54) is 0 Å². The lowest BCUT2D eigenvalue weighted by Gasteiger charge is -2.04. The fourth-order valence-electron chi connectivity index (χ4n) is 2.79. The molecule has 0 saturated heterocycles. The lowest BCUT2D eigenvalue weighted by Crippen LogP contribution is -2.13. The fourth-order valence-corrected chi connectivity index (χ4v) is 2.79. The summed E-state index contributed by atoms with van der Waals surface area (Å²) in [5.41, 5.74) is 3.18. The minimum Gasteiger partial charge on any atom is -0.355 e. The summed E-state index contributed by atoms with van der Waals surface area (Å²) in [5, 5.41) is 11.1. The first-order valence-electron chi connectivity index (χ1n) is 8.61. The highest BCUT2D eigenvalue weighted by atomic mass is 16.5. The molecule has 0 saturated carbocycles. The largest absolute Gasteiger partial charge is 0.355 e. The van der Waals surface area contributed by atoms with Gasteiger partial charge in [0.15, 0.2) is 17.3 Å². The highest BCUT2D eigenvalue weighted by Crippen LogP contribution is 2.20. The zero-order valence-electron chi connectivity index (χ0n) is 14.8. The summed E-state index contributed by atoms with van der Waals surface area (Å²) < 4.78 is 7.13. The Morgan fingerprint density at radius 3 is 2.48 bits per heavy atom. The Bertz CT molecular complexity index is 1050. The van der Waals surface area contributed by atoms with Crippen molar-refractivity contribution in [2.75, 3.05) is 5.32 Å². The first-order valence-corrected chi connectivity index (χ1v) is 8.61. The first kappa shape index (κ1) is 16.8. The molecular weight excluding hydrogens is 340 g/mol. The molecule has 0 atom stereocenters. The van der Waals surface area contributed by atoms with Gasteiger partial charge in [0.2, 0.25) is 0 Å². The van der Waals surface area contributed by atoms with E-state index in [2.05, 4.69) is 15.6 Å². The van der Waals surface area contributed by atoms with Crippen molar-refractivity contribution in [2.45, 2.75) is 13.5 Å². The molecule has 1 amide bonds. The number of amides is 1. The monoisotopic (exact) mass is 358 g/mol. The van der Waals surface area contributed by atoms with Gasteiger partial charge >= 0.3 is 0 Å². The van der Waals surface area contributed by atoms with Crippen LogP contribution in [0.3, 0.4) is 0 Å². The van der Waals surface area contributed by atoms with Gasteiger partial charge in [0.1, 0.15) is 0 Å². The third-order valence-corrected chi connectivity index (χ3v) is 4.20. The van der Waals surface area contributed by atoms with E-state index in [1.807, 2.05) is 78.3 Å². The van der Waals surface area contributed by atoms with Crippen LogP contribution in [0.1, 0.15) is 21.7 Å². The Labute approximate surface area is 156 Å². The molecule has 2 heterocycles. The van der Waals surface area contributed by atoms with Gasteiger partial charge in [0, 0.05) is 23.4 Å². The second-order valence-electron chi connectivity index (χ2n) is 6.21. The van der Waals surface area contributed by atoms with Crippen molar-refractivity contribution in [3.8, 4) is 11.3 Å². The number of aromatic nitrogens is 3. The third kappa shape index (κ3) is 3.79. The van der Waals surface area contributed by atoms with Gasteiger partial charge in [-0.3, -0.25) is 9.48 Å². The number of carbonyl (C=O) groups excluding carboxylic acids is 1. The van der Waals surface area contributed by atoms with Crippen LogP contribution in [-0.2, 0) is 6.54 Å². The quantitative estimate of drug-likeness (QED) is 0.582. The molecule has 0 bridgehead atoms. The van der Waals surface area contributed by atoms with Gasteiger partial charge in [-0.1, -0.05) is 65.8 Å². The molecule has 0 fully saturated rings. The van der Waals surface area contributed by atoms with Crippen molar-refractivity contribution in [1.29, 1.82) is 0 Å². The SMILES string of the molecule is Cc1cc(NC(=O)c2cc(-c3ccccc3)on2)nn1Cc1ccccc1. The van der Waals surface area contributed by atoms with Crippen LogP contribution in [0.5, 0.6) is 0 Å². The summed E-state index contributed by atoms with van der Waals surface area (Å²) in [6.07, 6.45) is 0. The number of hydrogen-bond acceptors (Lipinski definition) is 4. The maximum Gasteiger partial charge on any atom is 0.279 e. The highest BCUT2D eigenvalue weighted by Gasteiger charge is 2.15. The fraction of sp³-hybridized carbons (Fsp3) is 0.0952. The lowest BCUT2D eigenvalue weighted by molar-refractivity contribution is 0.101. The molecule has 0 radical (unpaired) electrons. The molecular formula is C21H18N4O2. The predicted octanol–water partition coefficient (Wildman–Crippen LogP) is 4.15. The number of nitrogens with zero attached hydrogens (tertiary/aromatic N) is 3. The summed E-state index contributed by atoms with van der Waals surface area (Å²) in [7, 11) is 0. The van der Waals surface area contributed by atoms with Crippen LogP contribution in [0.15, 0.2) is 77.3 Å². The van der Waals surface area contributed by atoms with Gasteiger partial charge in [0.25, 0.3) is 5.91 Å². The average Bonchev–Trinajstić information content (AvgIpc) is 3.31. The highest BCUT2D eigenvalue weighted by molar-refractivity contribution is 6.02. The van der Waals surface area contributed by atoms with Crippen molar-refractivity contribution in [3.63, 3.8) is 0 Å². The number of hydrogen-bond donors (Lipinski definition) is 1. The molecule has 1 N–H and O–H groups in total. The Kier molecular flexibility index (Phi) is 4.53. The second-order valence-corrected chi connectivity index (χ2v) is 6.21. The van der Waals surface area contributed by atoms with Crippen molar-refractivity contribution in [1.82, 2.24) is 14.9 Å². The van der Waals surface area contributed by atoms with Crippen LogP contribution >= 0.6 is 0 Å². The van der Waals surface area contributed by atoms with Crippen LogP contribution in [0.25, 0.3) is 11.3 Å². The zero-order valence-corrected chi connectivity index (χ0v) is 14.8. The maximum absolute atomic E-state index is 12.5. The molecule has 4 aromatic rings. The Morgan fingerprint density at radius 1 is 1.04 bits per heavy atom. The summed E-state index contributed by atoms with van der Waals surface area (Å²) in [6.45, 7) is 2.60. The van der Waals surface area contributed by atoms with Crippen LogP contribution < -0.4 is 5.32 Å². The van der Waals surface area contributed by atoms with Crippen molar-refractivity contribution >= 4 is 11.7 Å². The number of nitrogens with one attached hydrogen (secondary N) is 1. The Balaban J connectivity index is 1.47. The summed E-state index contributed by atoms with van der Waals surface area (Å²) >= 11 is 0. The van der Waals surface area contributed by atoms with Gasteiger partial charge < -0.3 is 9.84 Å². The number of anilines is 1. The smallest absolute Gasteiger partial charge is 0.279 e. The number of carbonyl (C=O) groups is 1. The van der Waals surface area contributed by atoms with Gasteiger partial charge in [-0.15, -0.1) is 0 Å². The number of rotatable bonds is 5. The summed E-state index contributed by atoms with van der Waals surface area (Å²) in [5.74, 6) is 0.675. The van der Waals surface area contributed by atoms with Crippen LogP contribution in [0.2, 0.25) is 0 Å². The predicted molar refractivity (Wildman–Crippen MR) is 102 cm³/mol. The summed E-state index contributed by atoms with van der Waals surface area (Å²) in [4.78, 5) is 12.5. The minimum absolute atomic E-state index is 0.212. The number of aryl methyl sites for hydroxylation is 1. The standard InChI is InChI=1S/C21H18N4O2/c1-15-12-20(23-25(15)14-16-8-4-2-5-9-16)22-21(26)18-13-19(27-24-18)17-10-6-3-7-11-17/h2-13H,14H2,1H3,(H,22,23,26). The van der Waals surface area contributed by atoms with Gasteiger partial charge in [-0.2, -0.15) is 5.10 Å². The number of benzene rings is 2. The molecule has 0 aliphatic carbocycles. The molecule has 0 aliphatic heterocycles. The van der Waals surface area contributed by atoms with Crippen LogP contribution in [0.4, 0.5) is 5.82 Å². The lowest BCUT2D eigenvalue weighted by atomic mass is 10.1. The molecule has 0 aliphatic rings. The summed E-state index contributed by atoms with van der Waals surface area (Å²) in [6, 6.07) is 23.0. The van der Waals surface area contributed by atoms with E-state index in [9.17, 15) is 4.79 Å².